The lowest BCUT2D eigenvalue weighted by Crippen LogP contribution is -2.21. The SMILES string of the molecule is C=CCNC=CCc1nn(CC(N)=O)c(CCCCC)c1CCCCC. The van der Waals surface area contributed by atoms with Crippen molar-refractivity contribution >= 4 is 5.91 Å². The lowest BCUT2D eigenvalue weighted by molar-refractivity contribution is -0.118. The van der Waals surface area contributed by atoms with Crippen molar-refractivity contribution in [3.8, 4) is 0 Å². The largest absolute Gasteiger partial charge is 0.388 e. The van der Waals surface area contributed by atoms with Gasteiger partial charge in [-0.3, -0.25) is 9.48 Å². The lowest BCUT2D eigenvalue weighted by Gasteiger charge is -2.09. The normalized spacial score (nSPS) is 11.2. The lowest BCUT2D eigenvalue weighted by atomic mass is 10.00. The van der Waals surface area contributed by atoms with Gasteiger partial charge in [0, 0.05) is 18.7 Å². The zero-order chi connectivity index (χ0) is 19.2. The Morgan fingerprint density at radius 1 is 1.19 bits per heavy atom. The van der Waals surface area contributed by atoms with E-state index in [1.54, 1.807) is 0 Å². The van der Waals surface area contributed by atoms with Gasteiger partial charge in [0.15, 0.2) is 0 Å². The van der Waals surface area contributed by atoms with Crippen LogP contribution in [-0.4, -0.2) is 22.2 Å². The smallest absolute Gasteiger partial charge is 0.239 e. The number of unbranched alkanes of at least 4 members (excludes halogenated alkanes) is 4. The summed E-state index contributed by atoms with van der Waals surface area (Å²) in [6, 6.07) is 0. The highest BCUT2D eigenvalue weighted by Crippen LogP contribution is 2.21. The first-order chi connectivity index (χ1) is 12.6. The first-order valence-corrected chi connectivity index (χ1v) is 9.98. The molecular formula is C21H36N4O. The van der Waals surface area contributed by atoms with E-state index >= 15 is 0 Å². The fraction of sp³-hybridized carbons (Fsp3) is 0.619. The summed E-state index contributed by atoms with van der Waals surface area (Å²) in [5, 5.41) is 7.91. The molecule has 0 atom stereocenters. The van der Waals surface area contributed by atoms with Crippen LogP contribution in [0.15, 0.2) is 24.9 Å². The van der Waals surface area contributed by atoms with Crippen LogP contribution in [-0.2, 0) is 30.6 Å². The van der Waals surface area contributed by atoms with E-state index in [0.29, 0.717) is 0 Å². The predicted octanol–water partition coefficient (Wildman–Crippen LogP) is 3.67. The number of hydrogen-bond donors (Lipinski definition) is 2. The van der Waals surface area contributed by atoms with Crippen molar-refractivity contribution in [1.82, 2.24) is 15.1 Å². The second-order valence-electron chi connectivity index (χ2n) is 6.71. The molecule has 146 valence electrons. The van der Waals surface area contributed by atoms with Gasteiger partial charge in [-0.1, -0.05) is 51.7 Å². The average Bonchev–Trinajstić information content (AvgIpc) is 2.91. The number of amides is 1. The van der Waals surface area contributed by atoms with Gasteiger partial charge in [0.05, 0.1) is 5.69 Å². The maximum Gasteiger partial charge on any atom is 0.239 e. The van der Waals surface area contributed by atoms with Crippen molar-refractivity contribution < 1.29 is 4.79 Å². The van der Waals surface area contributed by atoms with Gasteiger partial charge in [0.2, 0.25) is 5.91 Å². The molecule has 26 heavy (non-hydrogen) atoms. The second kappa shape index (κ2) is 13.2. The van der Waals surface area contributed by atoms with E-state index in [9.17, 15) is 4.79 Å². The van der Waals surface area contributed by atoms with Crippen molar-refractivity contribution in [3.05, 3.63) is 41.9 Å². The molecule has 0 spiro atoms. The van der Waals surface area contributed by atoms with E-state index in [1.165, 1.54) is 36.9 Å². The van der Waals surface area contributed by atoms with Gasteiger partial charge in [-0.05, 0) is 37.4 Å². The Balaban J connectivity index is 3.02. The number of allylic oxidation sites excluding steroid dienone is 1. The summed E-state index contributed by atoms with van der Waals surface area (Å²) in [6.45, 7) is 9.03. The van der Waals surface area contributed by atoms with Crippen LogP contribution in [0.4, 0.5) is 0 Å². The third kappa shape index (κ3) is 7.89. The van der Waals surface area contributed by atoms with Crippen molar-refractivity contribution in [2.24, 2.45) is 5.73 Å². The number of primary amides is 1. The summed E-state index contributed by atoms with van der Waals surface area (Å²) < 4.78 is 1.85. The van der Waals surface area contributed by atoms with Crippen molar-refractivity contribution in [2.45, 2.75) is 78.2 Å². The molecule has 1 rings (SSSR count). The molecular weight excluding hydrogens is 324 g/mol. The average molecular weight is 361 g/mol. The summed E-state index contributed by atoms with van der Waals surface area (Å²) in [7, 11) is 0. The predicted molar refractivity (Wildman–Crippen MR) is 109 cm³/mol. The van der Waals surface area contributed by atoms with Crippen LogP contribution in [0.25, 0.3) is 0 Å². The number of hydrogen-bond acceptors (Lipinski definition) is 3. The maximum absolute atomic E-state index is 11.5. The molecule has 1 amide bonds. The number of nitrogens with two attached hydrogens (primary N) is 1. The molecule has 0 aliphatic heterocycles. The van der Waals surface area contributed by atoms with Crippen LogP contribution in [0.1, 0.15) is 69.3 Å². The molecule has 5 heteroatoms. The number of carbonyl (C=O) groups excluding carboxylic acids is 1. The molecule has 0 saturated heterocycles. The van der Waals surface area contributed by atoms with Gasteiger partial charge in [0.1, 0.15) is 6.54 Å². The van der Waals surface area contributed by atoms with Gasteiger partial charge in [-0.2, -0.15) is 5.10 Å². The second-order valence-corrected chi connectivity index (χ2v) is 6.71. The standard InChI is InChI=1S/C21H36N4O/c1-4-7-9-12-18-19(13-11-16-23-15-6-3)24-25(17-21(22)26)20(18)14-10-8-5-2/h6,11,16,23H,3-5,7-10,12-15,17H2,1-2H3,(H2,22,26). The van der Waals surface area contributed by atoms with Gasteiger partial charge in [-0.15, -0.1) is 6.58 Å². The van der Waals surface area contributed by atoms with Crippen LogP contribution in [0.3, 0.4) is 0 Å². The summed E-state index contributed by atoms with van der Waals surface area (Å²) in [6.07, 6.45) is 15.7. The van der Waals surface area contributed by atoms with E-state index in [-0.39, 0.29) is 12.5 Å². The van der Waals surface area contributed by atoms with Gasteiger partial charge in [0.25, 0.3) is 0 Å². The Hall–Kier alpha value is -2.04. The zero-order valence-corrected chi connectivity index (χ0v) is 16.6. The Morgan fingerprint density at radius 2 is 1.88 bits per heavy atom. The van der Waals surface area contributed by atoms with Crippen LogP contribution >= 0.6 is 0 Å². The Kier molecular flexibility index (Phi) is 11.2. The summed E-state index contributed by atoms with van der Waals surface area (Å²) >= 11 is 0. The zero-order valence-electron chi connectivity index (χ0n) is 16.6. The number of nitrogens with one attached hydrogen (secondary N) is 1. The van der Waals surface area contributed by atoms with E-state index < -0.39 is 0 Å². The van der Waals surface area contributed by atoms with Crippen LogP contribution in [0, 0.1) is 0 Å². The number of nitrogens with zero attached hydrogens (tertiary/aromatic N) is 2. The van der Waals surface area contributed by atoms with Crippen LogP contribution in [0.5, 0.6) is 0 Å². The van der Waals surface area contributed by atoms with Crippen molar-refractivity contribution in [2.75, 3.05) is 6.54 Å². The Labute approximate surface area is 158 Å². The topological polar surface area (TPSA) is 72.9 Å². The fourth-order valence-electron chi connectivity index (χ4n) is 3.10. The molecule has 0 bridgehead atoms. The molecule has 5 nitrogen and oxygen atoms in total. The fourth-order valence-corrected chi connectivity index (χ4v) is 3.10. The third-order valence-corrected chi connectivity index (χ3v) is 4.41. The first-order valence-electron chi connectivity index (χ1n) is 9.98. The summed E-state index contributed by atoms with van der Waals surface area (Å²) in [5.74, 6) is -0.334. The molecule has 0 aliphatic carbocycles. The molecule has 0 saturated carbocycles. The quantitative estimate of drug-likeness (QED) is 0.370. The van der Waals surface area contributed by atoms with E-state index in [2.05, 4.69) is 31.8 Å². The highest BCUT2D eigenvalue weighted by atomic mass is 16.1. The monoisotopic (exact) mass is 360 g/mol. The molecule has 0 aromatic carbocycles. The van der Waals surface area contributed by atoms with Crippen molar-refractivity contribution in [1.29, 1.82) is 0 Å². The van der Waals surface area contributed by atoms with E-state index in [1.807, 2.05) is 17.0 Å². The molecule has 0 radical (unpaired) electrons. The minimum Gasteiger partial charge on any atom is -0.388 e. The number of rotatable bonds is 15. The van der Waals surface area contributed by atoms with Crippen molar-refractivity contribution in [3.63, 3.8) is 0 Å². The van der Waals surface area contributed by atoms with Crippen LogP contribution < -0.4 is 11.1 Å². The van der Waals surface area contributed by atoms with E-state index in [4.69, 9.17) is 10.8 Å². The van der Waals surface area contributed by atoms with Crippen LogP contribution in [0.2, 0.25) is 0 Å². The first kappa shape index (κ1) is 22.0. The minimum absolute atomic E-state index is 0.167. The molecule has 1 aromatic heterocycles. The molecule has 0 unspecified atom stereocenters. The van der Waals surface area contributed by atoms with Gasteiger partial charge in [-0.25, -0.2) is 0 Å². The molecule has 1 aromatic rings. The highest BCUT2D eigenvalue weighted by molar-refractivity contribution is 5.73. The Bertz CT molecular complexity index is 575. The van der Waals surface area contributed by atoms with Gasteiger partial charge >= 0.3 is 0 Å². The number of aromatic nitrogens is 2. The highest BCUT2D eigenvalue weighted by Gasteiger charge is 2.17. The summed E-state index contributed by atoms with van der Waals surface area (Å²) in [4.78, 5) is 11.5. The van der Waals surface area contributed by atoms with Gasteiger partial charge < -0.3 is 11.1 Å². The summed E-state index contributed by atoms with van der Waals surface area (Å²) in [5.41, 5.74) is 9.05. The molecule has 1 heterocycles. The number of carbonyl (C=O) groups is 1. The van der Waals surface area contributed by atoms with E-state index in [0.717, 1.165) is 44.3 Å². The molecule has 0 fully saturated rings. The third-order valence-electron chi connectivity index (χ3n) is 4.41. The Morgan fingerprint density at radius 3 is 2.50 bits per heavy atom. The maximum atomic E-state index is 11.5. The minimum atomic E-state index is -0.334. The molecule has 0 aliphatic rings. The molecule has 3 N–H and O–H groups in total.